The van der Waals surface area contributed by atoms with E-state index >= 15 is 0 Å². The van der Waals surface area contributed by atoms with Gasteiger partial charge in [0, 0.05) is 35.9 Å². The quantitative estimate of drug-likeness (QED) is 0.737. The maximum Gasteiger partial charge on any atom is 0.220 e. The average Bonchev–Trinajstić information content (AvgIpc) is 2.73. The lowest BCUT2D eigenvalue weighted by atomic mass is 10.1. The first-order valence-electron chi connectivity index (χ1n) is 7.19. The second kappa shape index (κ2) is 5.14. The maximum atomic E-state index is 5.71. The van der Waals surface area contributed by atoms with Crippen LogP contribution in [-0.4, -0.2) is 24.9 Å². The van der Waals surface area contributed by atoms with Crippen molar-refractivity contribution in [2.45, 2.75) is 19.3 Å². The van der Waals surface area contributed by atoms with E-state index in [2.05, 4.69) is 19.9 Å². The molecule has 4 rings (SSSR count). The fraction of sp³-hybridized carbons (Fsp3) is 0.188. The van der Waals surface area contributed by atoms with E-state index in [-0.39, 0.29) is 0 Å². The molecule has 0 unspecified atom stereocenters. The van der Waals surface area contributed by atoms with Gasteiger partial charge in [-0.05, 0) is 37.0 Å². The Morgan fingerprint density at radius 1 is 1.00 bits per heavy atom. The Morgan fingerprint density at radius 3 is 2.82 bits per heavy atom. The number of rotatable bonds is 1. The normalized spacial score (nSPS) is 13.1. The predicted octanol–water partition coefficient (Wildman–Crippen LogP) is 2.07. The number of nitrogens with two attached hydrogens (primary N) is 1. The van der Waals surface area contributed by atoms with Gasteiger partial charge in [0.2, 0.25) is 5.95 Å². The molecule has 3 aromatic rings. The minimum Gasteiger partial charge on any atom is -0.368 e. The summed E-state index contributed by atoms with van der Waals surface area (Å²) in [5, 5.41) is 0. The summed E-state index contributed by atoms with van der Waals surface area (Å²) in [6.45, 7) is 0. The smallest absolute Gasteiger partial charge is 0.220 e. The summed E-state index contributed by atoms with van der Waals surface area (Å²) in [4.78, 5) is 21.8. The van der Waals surface area contributed by atoms with Crippen LogP contribution in [0.25, 0.3) is 22.6 Å². The topological polar surface area (TPSA) is 90.5 Å². The first-order chi connectivity index (χ1) is 10.8. The molecule has 0 spiro atoms. The third kappa shape index (κ3) is 2.18. The second-order valence-corrected chi connectivity index (χ2v) is 5.25. The second-order valence-electron chi connectivity index (χ2n) is 5.25. The van der Waals surface area contributed by atoms with E-state index in [0.29, 0.717) is 11.8 Å². The highest BCUT2D eigenvalue weighted by atomic mass is 15.0. The molecule has 0 aliphatic heterocycles. The van der Waals surface area contributed by atoms with Crippen molar-refractivity contribution in [3.63, 3.8) is 0 Å². The van der Waals surface area contributed by atoms with Crippen molar-refractivity contribution in [3.8, 4) is 22.6 Å². The molecule has 1 aliphatic carbocycles. The van der Waals surface area contributed by atoms with E-state index in [9.17, 15) is 0 Å². The van der Waals surface area contributed by atoms with Gasteiger partial charge >= 0.3 is 0 Å². The Bertz CT molecular complexity index is 831. The molecule has 0 fully saturated rings. The number of aryl methyl sites for hydroxylation is 2. The van der Waals surface area contributed by atoms with Crippen molar-refractivity contribution in [1.29, 1.82) is 0 Å². The summed E-state index contributed by atoms with van der Waals surface area (Å²) in [7, 11) is 0. The SMILES string of the molecule is Nc1ncc2c(n1)CCCc1cnc(-c3cccnc3)nc1-2. The monoisotopic (exact) mass is 290 g/mol. The lowest BCUT2D eigenvalue weighted by molar-refractivity contribution is 0.809. The van der Waals surface area contributed by atoms with Gasteiger partial charge in [-0.25, -0.2) is 19.9 Å². The number of nitrogens with zero attached hydrogens (tertiary/aromatic N) is 5. The lowest BCUT2D eigenvalue weighted by Crippen LogP contribution is -2.02. The number of anilines is 1. The molecular weight excluding hydrogens is 276 g/mol. The highest BCUT2D eigenvalue weighted by Crippen LogP contribution is 2.30. The standard InChI is InChI=1S/C16H14N6/c17-16-20-9-12-13(21-16)5-1-3-10-8-19-15(22-14(10)12)11-4-2-6-18-7-11/h2,4,6-9H,1,3,5H2,(H2,17,20,21). The van der Waals surface area contributed by atoms with Crippen molar-refractivity contribution in [2.24, 2.45) is 0 Å². The van der Waals surface area contributed by atoms with E-state index < -0.39 is 0 Å². The third-order valence-electron chi connectivity index (χ3n) is 3.79. The number of aromatic nitrogens is 5. The molecule has 0 aromatic carbocycles. The van der Waals surface area contributed by atoms with Gasteiger partial charge in [-0.3, -0.25) is 4.98 Å². The van der Waals surface area contributed by atoms with Gasteiger partial charge in [0.25, 0.3) is 0 Å². The summed E-state index contributed by atoms with van der Waals surface area (Å²) < 4.78 is 0. The summed E-state index contributed by atoms with van der Waals surface area (Å²) in [6, 6.07) is 3.83. The van der Waals surface area contributed by atoms with Gasteiger partial charge in [0.05, 0.1) is 11.4 Å². The molecule has 108 valence electrons. The molecule has 0 amide bonds. The molecule has 6 heteroatoms. The van der Waals surface area contributed by atoms with Crippen LogP contribution in [0.4, 0.5) is 5.95 Å². The van der Waals surface area contributed by atoms with Crippen LogP contribution in [0.5, 0.6) is 0 Å². The molecule has 0 radical (unpaired) electrons. The Hall–Kier alpha value is -2.89. The Kier molecular flexibility index (Phi) is 3.00. The molecule has 3 aromatic heterocycles. The summed E-state index contributed by atoms with van der Waals surface area (Å²) in [5.41, 5.74) is 10.5. The molecular formula is C16H14N6. The lowest BCUT2D eigenvalue weighted by Gasteiger charge is -2.09. The van der Waals surface area contributed by atoms with Crippen LogP contribution >= 0.6 is 0 Å². The summed E-state index contributed by atoms with van der Waals surface area (Å²) in [6.07, 6.45) is 9.97. The predicted molar refractivity (Wildman–Crippen MR) is 82.7 cm³/mol. The molecule has 0 saturated heterocycles. The molecule has 1 aliphatic rings. The van der Waals surface area contributed by atoms with Gasteiger partial charge in [-0.15, -0.1) is 0 Å². The fourth-order valence-electron chi connectivity index (χ4n) is 2.72. The van der Waals surface area contributed by atoms with Gasteiger partial charge in [-0.1, -0.05) is 0 Å². The number of nitrogen functional groups attached to an aromatic ring is 1. The number of fused-ring (bicyclic) bond motifs is 3. The zero-order chi connectivity index (χ0) is 14.9. The van der Waals surface area contributed by atoms with E-state index in [1.54, 1.807) is 18.6 Å². The molecule has 0 bridgehead atoms. The van der Waals surface area contributed by atoms with Crippen molar-refractivity contribution < 1.29 is 0 Å². The zero-order valence-corrected chi connectivity index (χ0v) is 11.9. The van der Waals surface area contributed by atoms with Crippen LogP contribution in [0.15, 0.2) is 36.9 Å². The Labute approximate surface area is 127 Å². The molecule has 6 nitrogen and oxygen atoms in total. The molecule has 22 heavy (non-hydrogen) atoms. The van der Waals surface area contributed by atoms with Crippen LogP contribution < -0.4 is 5.73 Å². The molecule has 0 atom stereocenters. The van der Waals surface area contributed by atoms with Crippen LogP contribution in [0.2, 0.25) is 0 Å². The van der Waals surface area contributed by atoms with Crippen LogP contribution in [0.1, 0.15) is 17.7 Å². The zero-order valence-electron chi connectivity index (χ0n) is 11.9. The molecule has 2 N–H and O–H groups in total. The van der Waals surface area contributed by atoms with Crippen molar-refractivity contribution in [1.82, 2.24) is 24.9 Å². The first-order valence-corrected chi connectivity index (χ1v) is 7.19. The van der Waals surface area contributed by atoms with Gasteiger partial charge in [0.15, 0.2) is 5.82 Å². The number of hydrogen-bond donors (Lipinski definition) is 1. The largest absolute Gasteiger partial charge is 0.368 e. The van der Waals surface area contributed by atoms with Gasteiger partial charge < -0.3 is 5.73 Å². The fourth-order valence-corrected chi connectivity index (χ4v) is 2.72. The van der Waals surface area contributed by atoms with Crippen LogP contribution in [0, 0.1) is 0 Å². The molecule has 0 saturated carbocycles. The van der Waals surface area contributed by atoms with E-state index in [1.807, 2.05) is 18.3 Å². The highest BCUT2D eigenvalue weighted by molar-refractivity contribution is 5.68. The summed E-state index contributed by atoms with van der Waals surface area (Å²) in [5.74, 6) is 0.972. The number of hydrogen-bond acceptors (Lipinski definition) is 6. The van der Waals surface area contributed by atoms with Crippen LogP contribution in [-0.2, 0) is 12.8 Å². The van der Waals surface area contributed by atoms with E-state index in [0.717, 1.165) is 47.3 Å². The third-order valence-corrected chi connectivity index (χ3v) is 3.79. The van der Waals surface area contributed by atoms with Crippen molar-refractivity contribution >= 4 is 5.95 Å². The average molecular weight is 290 g/mol. The van der Waals surface area contributed by atoms with Crippen molar-refractivity contribution in [2.75, 3.05) is 5.73 Å². The number of pyridine rings is 1. The van der Waals surface area contributed by atoms with Crippen LogP contribution in [0.3, 0.4) is 0 Å². The Balaban J connectivity index is 1.90. The summed E-state index contributed by atoms with van der Waals surface area (Å²) >= 11 is 0. The minimum absolute atomic E-state index is 0.309. The highest BCUT2D eigenvalue weighted by Gasteiger charge is 2.19. The Morgan fingerprint density at radius 2 is 1.95 bits per heavy atom. The van der Waals surface area contributed by atoms with E-state index in [4.69, 9.17) is 10.7 Å². The van der Waals surface area contributed by atoms with Gasteiger partial charge in [0.1, 0.15) is 0 Å². The van der Waals surface area contributed by atoms with E-state index in [1.165, 1.54) is 0 Å². The molecule has 3 heterocycles. The van der Waals surface area contributed by atoms with Gasteiger partial charge in [-0.2, -0.15) is 0 Å². The first kappa shape index (κ1) is 12.8. The van der Waals surface area contributed by atoms with Crippen molar-refractivity contribution in [3.05, 3.63) is 48.2 Å². The maximum absolute atomic E-state index is 5.71. The minimum atomic E-state index is 0.309.